The first-order valence-corrected chi connectivity index (χ1v) is 14.7. The molecular weight excluding hydrogens is 517 g/mol. The fourth-order valence-corrected chi connectivity index (χ4v) is 6.22. The van der Waals surface area contributed by atoms with Crippen LogP contribution in [0.5, 0.6) is 0 Å². The van der Waals surface area contributed by atoms with Crippen molar-refractivity contribution in [2.75, 3.05) is 10.8 Å². The van der Waals surface area contributed by atoms with Gasteiger partial charge >= 0.3 is 0 Å². The van der Waals surface area contributed by atoms with Gasteiger partial charge in [-0.05, 0) is 61.7 Å². The second-order valence-electron chi connectivity index (χ2n) is 9.83. The Morgan fingerprint density at radius 3 is 2.10 bits per heavy atom. The lowest BCUT2D eigenvalue weighted by Crippen LogP contribution is -2.53. The van der Waals surface area contributed by atoms with Crippen molar-refractivity contribution in [3.05, 3.63) is 96.3 Å². The fraction of sp³-hybridized carbons (Fsp3) is 0.333. The minimum absolute atomic E-state index is 0.0202. The van der Waals surface area contributed by atoms with Crippen LogP contribution in [-0.2, 0) is 26.2 Å². The van der Waals surface area contributed by atoms with Crippen LogP contribution in [0.25, 0.3) is 0 Å². The highest BCUT2D eigenvalue weighted by atomic mass is 32.2. The molecule has 0 bridgehead atoms. The molecule has 2 amide bonds. The molecule has 4 rings (SSSR count). The quantitative estimate of drug-likeness (QED) is 0.389. The van der Waals surface area contributed by atoms with Crippen molar-refractivity contribution in [1.29, 1.82) is 0 Å². The molecule has 1 atom stereocenters. The van der Waals surface area contributed by atoms with E-state index in [-0.39, 0.29) is 23.4 Å². The highest BCUT2D eigenvalue weighted by Gasteiger charge is 2.33. The lowest BCUT2D eigenvalue weighted by atomic mass is 9.95. The molecular formula is C30H34FN3O4S. The molecule has 39 heavy (non-hydrogen) atoms. The Kier molecular flexibility index (Phi) is 9.35. The molecule has 0 heterocycles. The van der Waals surface area contributed by atoms with E-state index in [1.54, 1.807) is 67.6 Å². The molecule has 3 aromatic carbocycles. The van der Waals surface area contributed by atoms with Crippen LogP contribution in [0.4, 0.5) is 10.1 Å². The lowest BCUT2D eigenvalue weighted by molar-refractivity contribution is -0.139. The predicted octanol–water partition coefficient (Wildman–Crippen LogP) is 4.89. The number of rotatable bonds is 10. The minimum Gasteiger partial charge on any atom is -0.352 e. The Hall–Kier alpha value is -3.72. The van der Waals surface area contributed by atoms with Crippen LogP contribution in [-0.4, -0.2) is 43.8 Å². The van der Waals surface area contributed by atoms with E-state index < -0.39 is 34.3 Å². The molecule has 1 aliphatic rings. The van der Waals surface area contributed by atoms with Gasteiger partial charge in [-0.25, -0.2) is 12.8 Å². The summed E-state index contributed by atoms with van der Waals surface area (Å²) in [5, 5.41) is 3.07. The van der Waals surface area contributed by atoms with Crippen LogP contribution in [0, 0.1) is 5.82 Å². The van der Waals surface area contributed by atoms with Gasteiger partial charge in [0, 0.05) is 12.6 Å². The molecule has 0 saturated heterocycles. The molecule has 206 valence electrons. The van der Waals surface area contributed by atoms with E-state index in [4.69, 9.17) is 0 Å². The van der Waals surface area contributed by atoms with Crippen molar-refractivity contribution in [1.82, 2.24) is 10.2 Å². The Morgan fingerprint density at radius 2 is 1.49 bits per heavy atom. The number of benzene rings is 3. The van der Waals surface area contributed by atoms with Crippen LogP contribution in [0.3, 0.4) is 0 Å². The number of carbonyl (C=O) groups excluding carboxylic acids is 2. The van der Waals surface area contributed by atoms with Crippen molar-refractivity contribution >= 4 is 27.5 Å². The van der Waals surface area contributed by atoms with Gasteiger partial charge in [0.05, 0.1) is 10.6 Å². The van der Waals surface area contributed by atoms with Crippen molar-refractivity contribution in [2.24, 2.45) is 0 Å². The second-order valence-corrected chi connectivity index (χ2v) is 11.7. The average Bonchev–Trinajstić information content (AvgIpc) is 2.96. The van der Waals surface area contributed by atoms with Crippen molar-refractivity contribution < 1.29 is 22.4 Å². The maximum absolute atomic E-state index is 13.9. The Morgan fingerprint density at radius 1 is 0.897 bits per heavy atom. The molecule has 3 aromatic rings. The minimum atomic E-state index is -4.09. The molecule has 0 aliphatic heterocycles. The third-order valence-corrected chi connectivity index (χ3v) is 8.83. The summed E-state index contributed by atoms with van der Waals surface area (Å²) in [6, 6.07) is 21.2. The summed E-state index contributed by atoms with van der Waals surface area (Å²) >= 11 is 0. The number of hydrogen-bond acceptors (Lipinski definition) is 4. The van der Waals surface area contributed by atoms with Gasteiger partial charge in [0.15, 0.2) is 0 Å². The number of carbonyl (C=O) groups is 2. The topological polar surface area (TPSA) is 86.8 Å². The zero-order chi connectivity index (χ0) is 27.8. The maximum atomic E-state index is 13.9. The molecule has 9 heteroatoms. The molecule has 0 aromatic heterocycles. The highest BCUT2D eigenvalue weighted by molar-refractivity contribution is 7.92. The number of nitrogens with zero attached hydrogens (tertiary/aromatic N) is 2. The Labute approximate surface area is 229 Å². The van der Waals surface area contributed by atoms with Gasteiger partial charge in [0.1, 0.15) is 18.4 Å². The normalized spacial score (nSPS) is 14.8. The van der Waals surface area contributed by atoms with E-state index in [2.05, 4.69) is 5.32 Å². The van der Waals surface area contributed by atoms with Crippen LogP contribution in [0.15, 0.2) is 89.8 Å². The van der Waals surface area contributed by atoms with E-state index in [0.717, 1.165) is 36.4 Å². The first kappa shape index (κ1) is 28.3. The number of nitrogens with one attached hydrogen (secondary N) is 1. The fourth-order valence-electron chi connectivity index (χ4n) is 4.78. The van der Waals surface area contributed by atoms with E-state index in [0.29, 0.717) is 11.3 Å². The van der Waals surface area contributed by atoms with Gasteiger partial charge in [-0.2, -0.15) is 0 Å². The van der Waals surface area contributed by atoms with E-state index >= 15 is 0 Å². The largest absolute Gasteiger partial charge is 0.352 e. The summed E-state index contributed by atoms with van der Waals surface area (Å²) in [4.78, 5) is 28.6. The van der Waals surface area contributed by atoms with E-state index in [1.165, 1.54) is 29.2 Å². The molecule has 1 fully saturated rings. The van der Waals surface area contributed by atoms with Gasteiger partial charge in [-0.15, -0.1) is 0 Å². The van der Waals surface area contributed by atoms with Gasteiger partial charge in [0.25, 0.3) is 10.0 Å². The van der Waals surface area contributed by atoms with Crippen molar-refractivity contribution in [2.45, 2.75) is 62.6 Å². The number of anilines is 1. The summed E-state index contributed by atoms with van der Waals surface area (Å²) in [5.74, 6) is -1.26. The zero-order valence-corrected chi connectivity index (χ0v) is 22.8. The van der Waals surface area contributed by atoms with Gasteiger partial charge < -0.3 is 10.2 Å². The van der Waals surface area contributed by atoms with Crippen LogP contribution in [0.1, 0.15) is 44.6 Å². The maximum Gasteiger partial charge on any atom is 0.264 e. The third-order valence-electron chi connectivity index (χ3n) is 7.04. The Bertz CT molecular complexity index is 1350. The van der Waals surface area contributed by atoms with Gasteiger partial charge in [-0.1, -0.05) is 67.8 Å². The second kappa shape index (κ2) is 12.9. The Balaban J connectivity index is 1.64. The van der Waals surface area contributed by atoms with Gasteiger partial charge in [0.2, 0.25) is 11.8 Å². The number of para-hydroxylation sites is 1. The summed E-state index contributed by atoms with van der Waals surface area (Å²) in [5.41, 5.74) is 0.954. The standard InChI is InChI=1S/C30H34FN3O4S/c1-23(30(36)32-26-11-5-2-6-12-26)33(21-24-17-19-25(31)20-18-24)29(35)22-34(27-13-7-3-8-14-27)39(37,38)28-15-9-4-10-16-28/h3-4,7-10,13-20,23,26H,2,5-6,11-12,21-22H2,1H3,(H,32,36). The van der Waals surface area contributed by atoms with Crippen molar-refractivity contribution in [3.8, 4) is 0 Å². The summed E-state index contributed by atoms with van der Waals surface area (Å²) in [7, 11) is -4.09. The van der Waals surface area contributed by atoms with Gasteiger partial charge in [-0.3, -0.25) is 13.9 Å². The smallest absolute Gasteiger partial charge is 0.264 e. The molecule has 1 saturated carbocycles. The third kappa shape index (κ3) is 7.23. The van der Waals surface area contributed by atoms with Crippen LogP contribution >= 0.6 is 0 Å². The number of hydrogen-bond donors (Lipinski definition) is 1. The molecule has 1 unspecified atom stereocenters. The molecule has 1 N–H and O–H groups in total. The summed E-state index contributed by atoms with van der Waals surface area (Å²) in [6.45, 7) is 1.15. The molecule has 7 nitrogen and oxygen atoms in total. The number of amides is 2. The number of sulfonamides is 1. The first-order valence-electron chi connectivity index (χ1n) is 13.2. The van der Waals surface area contributed by atoms with E-state index in [1.807, 2.05) is 0 Å². The van der Waals surface area contributed by atoms with Crippen molar-refractivity contribution in [3.63, 3.8) is 0 Å². The van der Waals surface area contributed by atoms with E-state index in [9.17, 15) is 22.4 Å². The first-order chi connectivity index (χ1) is 18.8. The number of halogens is 1. The lowest BCUT2D eigenvalue weighted by Gasteiger charge is -2.33. The highest BCUT2D eigenvalue weighted by Crippen LogP contribution is 2.24. The molecule has 0 spiro atoms. The predicted molar refractivity (Wildman–Crippen MR) is 149 cm³/mol. The molecule has 1 aliphatic carbocycles. The van der Waals surface area contributed by atoms with Crippen LogP contribution < -0.4 is 9.62 Å². The summed E-state index contributed by atoms with van der Waals surface area (Å²) in [6.07, 6.45) is 5.01. The zero-order valence-electron chi connectivity index (χ0n) is 22.0. The summed E-state index contributed by atoms with van der Waals surface area (Å²) < 4.78 is 42.0. The SMILES string of the molecule is CC(C(=O)NC1CCCCC1)N(Cc1ccc(F)cc1)C(=O)CN(c1ccccc1)S(=O)(=O)c1ccccc1. The molecule has 0 radical (unpaired) electrons. The monoisotopic (exact) mass is 551 g/mol. The average molecular weight is 552 g/mol. The van der Waals surface area contributed by atoms with Crippen LogP contribution in [0.2, 0.25) is 0 Å².